The third kappa shape index (κ3) is 5.36. The maximum atomic E-state index is 11.9. The van der Waals surface area contributed by atoms with Crippen molar-refractivity contribution >= 4 is 11.9 Å². The first-order valence-electron chi connectivity index (χ1n) is 9.48. The number of carbonyl (C=O) groups is 1. The molecule has 0 radical (unpaired) electrons. The molecule has 0 aromatic heterocycles. The highest BCUT2D eigenvalue weighted by atomic mass is 16.5. The van der Waals surface area contributed by atoms with Crippen LogP contribution in [0.3, 0.4) is 0 Å². The smallest absolute Gasteiger partial charge is 0.309 e. The van der Waals surface area contributed by atoms with Crippen molar-refractivity contribution in [2.24, 2.45) is 10.9 Å². The number of guanidine groups is 1. The highest BCUT2D eigenvalue weighted by molar-refractivity contribution is 5.80. The summed E-state index contributed by atoms with van der Waals surface area (Å²) in [6, 6.07) is 1.22. The largest absolute Gasteiger partial charge is 0.466 e. The molecule has 0 amide bonds. The Bertz CT molecular complexity index is 429. The SMILES string of the molecule is CCNC(=NCC(C)N(C)C1CC1)N1CCC(C(=O)OCC)CC1. The number of ether oxygens (including phenoxy) is 1. The van der Waals surface area contributed by atoms with Crippen LogP contribution in [0, 0.1) is 5.92 Å². The lowest BCUT2D eigenvalue weighted by Gasteiger charge is -2.33. The average Bonchev–Trinajstić information content (AvgIpc) is 3.43. The molecular formula is C18H34N4O2. The first-order valence-corrected chi connectivity index (χ1v) is 9.48. The van der Waals surface area contributed by atoms with Crippen LogP contribution in [0.2, 0.25) is 0 Å². The average molecular weight is 338 g/mol. The quantitative estimate of drug-likeness (QED) is 0.435. The zero-order valence-electron chi connectivity index (χ0n) is 15.8. The van der Waals surface area contributed by atoms with Gasteiger partial charge in [-0.15, -0.1) is 0 Å². The Balaban J connectivity index is 1.86. The van der Waals surface area contributed by atoms with Crippen LogP contribution in [0.4, 0.5) is 0 Å². The molecule has 24 heavy (non-hydrogen) atoms. The summed E-state index contributed by atoms with van der Waals surface area (Å²) in [5.41, 5.74) is 0. The molecule has 1 atom stereocenters. The van der Waals surface area contributed by atoms with Gasteiger partial charge in [0.15, 0.2) is 5.96 Å². The predicted molar refractivity (Wildman–Crippen MR) is 97.2 cm³/mol. The highest BCUT2D eigenvalue weighted by Crippen LogP contribution is 2.27. The molecule has 2 fully saturated rings. The van der Waals surface area contributed by atoms with Crippen molar-refractivity contribution in [1.29, 1.82) is 0 Å². The summed E-state index contributed by atoms with van der Waals surface area (Å²) in [7, 11) is 2.20. The van der Waals surface area contributed by atoms with Gasteiger partial charge in [-0.25, -0.2) is 0 Å². The zero-order valence-corrected chi connectivity index (χ0v) is 15.8. The van der Waals surface area contributed by atoms with E-state index in [0.717, 1.165) is 51.0 Å². The van der Waals surface area contributed by atoms with Crippen LogP contribution in [0.15, 0.2) is 4.99 Å². The van der Waals surface area contributed by atoms with Crippen LogP contribution >= 0.6 is 0 Å². The molecule has 1 N–H and O–H groups in total. The molecule has 1 saturated carbocycles. The highest BCUT2D eigenvalue weighted by Gasteiger charge is 2.30. The van der Waals surface area contributed by atoms with Gasteiger partial charge in [0.1, 0.15) is 0 Å². The number of esters is 1. The molecule has 6 heteroatoms. The van der Waals surface area contributed by atoms with Gasteiger partial charge in [0, 0.05) is 31.7 Å². The second kappa shape index (κ2) is 9.25. The van der Waals surface area contributed by atoms with Crippen molar-refractivity contribution < 1.29 is 9.53 Å². The number of likely N-dealkylation sites (tertiary alicyclic amines) is 1. The number of piperidine rings is 1. The summed E-state index contributed by atoms with van der Waals surface area (Å²) >= 11 is 0. The maximum absolute atomic E-state index is 11.9. The molecular weight excluding hydrogens is 304 g/mol. The Kier molecular flexibility index (Phi) is 7.34. The van der Waals surface area contributed by atoms with Gasteiger partial charge >= 0.3 is 5.97 Å². The van der Waals surface area contributed by atoms with Gasteiger partial charge in [0.2, 0.25) is 0 Å². The van der Waals surface area contributed by atoms with Crippen LogP contribution in [0.1, 0.15) is 46.5 Å². The van der Waals surface area contributed by atoms with Gasteiger partial charge < -0.3 is 15.0 Å². The van der Waals surface area contributed by atoms with Crippen molar-refractivity contribution in [1.82, 2.24) is 15.1 Å². The maximum Gasteiger partial charge on any atom is 0.309 e. The summed E-state index contributed by atoms with van der Waals surface area (Å²) < 4.78 is 5.15. The van der Waals surface area contributed by atoms with E-state index in [-0.39, 0.29) is 11.9 Å². The second-order valence-corrected chi connectivity index (χ2v) is 6.95. The van der Waals surface area contributed by atoms with Gasteiger partial charge in [-0.1, -0.05) is 0 Å². The lowest BCUT2D eigenvalue weighted by atomic mass is 9.97. The molecule has 0 aromatic rings. The molecule has 1 heterocycles. The molecule has 2 aliphatic rings. The fraction of sp³-hybridized carbons (Fsp3) is 0.889. The van der Waals surface area contributed by atoms with Crippen molar-refractivity contribution in [3.05, 3.63) is 0 Å². The Hall–Kier alpha value is -1.30. The first kappa shape index (κ1) is 19.0. The molecule has 1 aliphatic carbocycles. The summed E-state index contributed by atoms with van der Waals surface area (Å²) in [6.45, 7) is 10.1. The number of nitrogens with one attached hydrogen (secondary N) is 1. The van der Waals surface area contributed by atoms with Crippen LogP contribution < -0.4 is 5.32 Å². The minimum Gasteiger partial charge on any atom is -0.466 e. The van der Waals surface area contributed by atoms with Crippen molar-refractivity contribution in [3.63, 3.8) is 0 Å². The number of hydrogen-bond acceptors (Lipinski definition) is 4. The molecule has 6 nitrogen and oxygen atoms in total. The molecule has 2 rings (SSSR count). The standard InChI is InChI=1S/C18H34N4O2/c1-5-19-18(20-13-14(3)21(4)16-7-8-16)22-11-9-15(10-12-22)17(23)24-6-2/h14-16H,5-13H2,1-4H3,(H,19,20). The predicted octanol–water partition coefficient (Wildman–Crippen LogP) is 1.71. The van der Waals surface area contributed by atoms with Gasteiger partial charge in [-0.2, -0.15) is 0 Å². The molecule has 0 aromatic carbocycles. The van der Waals surface area contributed by atoms with E-state index in [1.54, 1.807) is 0 Å². The number of carbonyl (C=O) groups excluding carboxylic acids is 1. The molecule has 138 valence electrons. The first-order chi connectivity index (χ1) is 11.6. The lowest BCUT2D eigenvalue weighted by molar-refractivity contribution is -0.149. The van der Waals surface area contributed by atoms with Gasteiger partial charge in [0.25, 0.3) is 0 Å². The summed E-state index contributed by atoms with van der Waals surface area (Å²) in [4.78, 5) is 21.4. The fourth-order valence-electron chi connectivity index (χ4n) is 3.20. The van der Waals surface area contributed by atoms with Crippen LogP contribution in [-0.2, 0) is 9.53 Å². The second-order valence-electron chi connectivity index (χ2n) is 6.95. The molecule has 0 spiro atoms. The van der Waals surface area contributed by atoms with E-state index >= 15 is 0 Å². The minimum absolute atomic E-state index is 0.0428. The van der Waals surface area contributed by atoms with E-state index in [1.165, 1.54) is 12.8 Å². The van der Waals surface area contributed by atoms with Crippen molar-refractivity contribution in [2.45, 2.75) is 58.5 Å². The van der Waals surface area contributed by atoms with Gasteiger partial charge in [-0.3, -0.25) is 14.7 Å². The number of nitrogens with zero attached hydrogens (tertiary/aromatic N) is 3. The summed E-state index contributed by atoms with van der Waals surface area (Å²) in [5.74, 6) is 0.985. The van der Waals surface area contributed by atoms with E-state index in [4.69, 9.17) is 9.73 Å². The molecule has 1 unspecified atom stereocenters. The Labute approximate surface area is 146 Å². The summed E-state index contributed by atoms with van der Waals surface area (Å²) in [5, 5.41) is 3.40. The van der Waals surface area contributed by atoms with Crippen LogP contribution in [0.25, 0.3) is 0 Å². The molecule has 0 bridgehead atoms. The van der Waals surface area contributed by atoms with Crippen LogP contribution in [0.5, 0.6) is 0 Å². The van der Waals surface area contributed by atoms with Crippen LogP contribution in [-0.4, -0.2) is 73.6 Å². The summed E-state index contributed by atoms with van der Waals surface area (Å²) in [6.07, 6.45) is 4.35. The van der Waals surface area contributed by atoms with E-state index in [0.29, 0.717) is 12.6 Å². The van der Waals surface area contributed by atoms with E-state index < -0.39 is 0 Å². The fourth-order valence-corrected chi connectivity index (χ4v) is 3.20. The number of hydrogen-bond donors (Lipinski definition) is 1. The third-order valence-electron chi connectivity index (χ3n) is 5.07. The van der Waals surface area contributed by atoms with Gasteiger partial charge in [-0.05, 0) is 53.5 Å². The van der Waals surface area contributed by atoms with E-state index in [1.807, 2.05) is 6.92 Å². The lowest BCUT2D eigenvalue weighted by Crippen LogP contribution is -2.47. The van der Waals surface area contributed by atoms with Crippen molar-refractivity contribution in [3.8, 4) is 0 Å². The Morgan fingerprint density at radius 2 is 1.96 bits per heavy atom. The third-order valence-corrected chi connectivity index (χ3v) is 5.07. The Morgan fingerprint density at radius 3 is 2.50 bits per heavy atom. The normalized spacial score (nSPS) is 21.0. The van der Waals surface area contributed by atoms with Gasteiger partial charge in [0.05, 0.1) is 19.1 Å². The molecule has 1 saturated heterocycles. The number of aliphatic imine (C=N–C) groups is 1. The van der Waals surface area contributed by atoms with E-state index in [2.05, 4.69) is 36.0 Å². The van der Waals surface area contributed by atoms with E-state index in [9.17, 15) is 4.79 Å². The zero-order chi connectivity index (χ0) is 17.5. The monoisotopic (exact) mass is 338 g/mol. The topological polar surface area (TPSA) is 57.2 Å². The number of likely N-dealkylation sites (N-methyl/N-ethyl adjacent to an activating group) is 1. The Morgan fingerprint density at radius 1 is 1.29 bits per heavy atom. The minimum atomic E-state index is -0.0428. The molecule has 1 aliphatic heterocycles. The number of rotatable bonds is 7. The van der Waals surface area contributed by atoms with Crippen molar-refractivity contribution in [2.75, 3.05) is 39.8 Å².